The maximum absolute atomic E-state index is 12.9. The lowest BCUT2D eigenvalue weighted by molar-refractivity contribution is -0.123. The van der Waals surface area contributed by atoms with Crippen molar-refractivity contribution >= 4 is 21.8 Å². The maximum atomic E-state index is 12.9. The van der Waals surface area contributed by atoms with E-state index in [4.69, 9.17) is 9.47 Å². The molecule has 0 bridgehead atoms. The number of amides is 1. The van der Waals surface area contributed by atoms with Gasteiger partial charge in [-0.05, 0) is 58.2 Å². The monoisotopic (exact) mass is 381 g/mol. The van der Waals surface area contributed by atoms with Crippen LogP contribution >= 0.6 is 15.9 Å². The van der Waals surface area contributed by atoms with Crippen molar-refractivity contribution in [2.45, 2.75) is 6.42 Å². The highest BCUT2D eigenvalue weighted by molar-refractivity contribution is 9.10. The van der Waals surface area contributed by atoms with Crippen LogP contribution in [0, 0.1) is 5.82 Å². The van der Waals surface area contributed by atoms with E-state index >= 15 is 0 Å². The molecule has 0 saturated heterocycles. The Morgan fingerprint density at radius 2 is 1.96 bits per heavy atom. The minimum absolute atomic E-state index is 0.118. The van der Waals surface area contributed by atoms with Crippen molar-refractivity contribution in [3.05, 3.63) is 58.3 Å². The zero-order chi connectivity index (χ0) is 16.7. The summed E-state index contributed by atoms with van der Waals surface area (Å²) in [5.41, 5.74) is 1.10. The molecule has 0 fully saturated rings. The Kier molecular flexibility index (Phi) is 6.40. The summed E-state index contributed by atoms with van der Waals surface area (Å²) in [7, 11) is 1.62. The van der Waals surface area contributed by atoms with E-state index in [0.717, 1.165) is 17.7 Å². The van der Waals surface area contributed by atoms with Gasteiger partial charge in [-0.3, -0.25) is 4.79 Å². The summed E-state index contributed by atoms with van der Waals surface area (Å²) in [6, 6.07) is 11.7. The molecule has 0 aliphatic heterocycles. The second kappa shape index (κ2) is 8.53. The highest BCUT2D eigenvalue weighted by atomic mass is 79.9. The van der Waals surface area contributed by atoms with E-state index in [1.807, 2.05) is 24.3 Å². The van der Waals surface area contributed by atoms with Gasteiger partial charge in [0.15, 0.2) is 6.61 Å². The van der Waals surface area contributed by atoms with Crippen molar-refractivity contribution in [2.24, 2.45) is 0 Å². The molecule has 1 N–H and O–H groups in total. The zero-order valence-electron chi connectivity index (χ0n) is 12.6. The molecule has 0 atom stereocenters. The number of ether oxygens (including phenoxy) is 2. The van der Waals surface area contributed by atoms with Crippen LogP contribution in [0.4, 0.5) is 4.39 Å². The van der Waals surface area contributed by atoms with Gasteiger partial charge in [-0.2, -0.15) is 0 Å². The number of methoxy groups -OCH3 is 1. The number of benzene rings is 2. The molecule has 0 aromatic heterocycles. The van der Waals surface area contributed by atoms with Crippen LogP contribution in [-0.2, 0) is 11.2 Å². The fourth-order valence-corrected chi connectivity index (χ4v) is 2.39. The summed E-state index contributed by atoms with van der Waals surface area (Å²) >= 11 is 3.19. The first kappa shape index (κ1) is 17.3. The van der Waals surface area contributed by atoms with E-state index in [9.17, 15) is 9.18 Å². The van der Waals surface area contributed by atoms with Gasteiger partial charge in [0.2, 0.25) is 0 Å². The number of carbonyl (C=O) groups excluding carboxylic acids is 1. The largest absolute Gasteiger partial charge is 0.497 e. The van der Waals surface area contributed by atoms with E-state index in [0.29, 0.717) is 16.8 Å². The van der Waals surface area contributed by atoms with E-state index < -0.39 is 0 Å². The lowest BCUT2D eigenvalue weighted by Gasteiger charge is -2.09. The van der Waals surface area contributed by atoms with Crippen molar-refractivity contribution in [3.8, 4) is 11.5 Å². The lowest BCUT2D eigenvalue weighted by atomic mass is 10.1. The topological polar surface area (TPSA) is 47.6 Å². The third-order valence-corrected chi connectivity index (χ3v) is 3.77. The summed E-state index contributed by atoms with van der Waals surface area (Å²) in [6.07, 6.45) is 0.718. The molecule has 6 heteroatoms. The van der Waals surface area contributed by atoms with E-state index in [2.05, 4.69) is 21.2 Å². The average Bonchev–Trinajstić information content (AvgIpc) is 2.54. The first-order valence-electron chi connectivity index (χ1n) is 7.06. The first-order chi connectivity index (χ1) is 11.1. The molecular formula is C17H17BrFNO3. The lowest BCUT2D eigenvalue weighted by Crippen LogP contribution is -2.30. The number of hydrogen-bond acceptors (Lipinski definition) is 3. The predicted octanol–water partition coefficient (Wildman–Crippen LogP) is 3.33. The van der Waals surface area contributed by atoms with Gasteiger partial charge >= 0.3 is 0 Å². The summed E-state index contributed by atoms with van der Waals surface area (Å²) in [4.78, 5) is 11.7. The fraction of sp³-hybridized carbons (Fsp3) is 0.235. The van der Waals surface area contributed by atoms with Crippen LogP contribution in [0.25, 0.3) is 0 Å². The molecule has 0 saturated carbocycles. The van der Waals surface area contributed by atoms with Gasteiger partial charge in [0.05, 0.1) is 11.6 Å². The van der Waals surface area contributed by atoms with E-state index in [-0.39, 0.29) is 18.3 Å². The number of carbonyl (C=O) groups is 1. The Labute approximate surface area is 142 Å². The number of rotatable bonds is 7. The normalized spacial score (nSPS) is 10.2. The Hall–Kier alpha value is -2.08. The van der Waals surface area contributed by atoms with Gasteiger partial charge in [-0.1, -0.05) is 12.1 Å². The third kappa shape index (κ3) is 5.56. The molecule has 122 valence electrons. The van der Waals surface area contributed by atoms with Gasteiger partial charge in [0.1, 0.15) is 17.3 Å². The van der Waals surface area contributed by atoms with Crippen LogP contribution in [0.15, 0.2) is 46.9 Å². The van der Waals surface area contributed by atoms with Gasteiger partial charge in [-0.15, -0.1) is 0 Å². The van der Waals surface area contributed by atoms with E-state index in [1.165, 1.54) is 18.2 Å². The minimum atomic E-state index is -0.367. The van der Waals surface area contributed by atoms with Crippen LogP contribution in [-0.4, -0.2) is 26.2 Å². The number of nitrogens with one attached hydrogen (secondary N) is 1. The summed E-state index contributed by atoms with van der Waals surface area (Å²) < 4.78 is 23.9. The molecule has 2 rings (SSSR count). The Balaban J connectivity index is 1.72. The quantitative estimate of drug-likeness (QED) is 0.799. The van der Waals surface area contributed by atoms with Crippen molar-refractivity contribution in [2.75, 3.05) is 20.3 Å². The molecular weight excluding hydrogens is 365 g/mol. The SMILES string of the molecule is COc1ccc(CCNC(=O)COc2ccc(F)cc2Br)cc1. The fourth-order valence-electron chi connectivity index (χ4n) is 1.93. The highest BCUT2D eigenvalue weighted by Crippen LogP contribution is 2.25. The molecule has 0 aliphatic carbocycles. The Bertz CT molecular complexity index is 661. The van der Waals surface area contributed by atoms with Crippen molar-refractivity contribution in [3.63, 3.8) is 0 Å². The second-order valence-electron chi connectivity index (χ2n) is 4.81. The first-order valence-corrected chi connectivity index (χ1v) is 7.85. The molecule has 23 heavy (non-hydrogen) atoms. The zero-order valence-corrected chi connectivity index (χ0v) is 14.2. The van der Waals surface area contributed by atoms with Crippen molar-refractivity contribution in [1.29, 1.82) is 0 Å². The van der Waals surface area contributed by atoms with Crippen LogP contribution in [0.1, 0.15) is 5.56 Å². The number of halogens is 2. The number of hydrogen-bond donors (Lipinski definition) is 1. The molecule has 0 heterocycles. The van der Waals surface area contributed by atoms with Crippen molar-refractivity contribution < 1.29 is 18.7 Å². The smallest absolute Gasteiger partial charge is 0.257 e. The van der Waals surface area contributed by atoms with Crippen LogP contribution in [0.3, 0.4) is 0 Å². The minimum Gasteiger partial charge on any atom is -0.497 e. The Morgan fingerprint density at radius 1 is 1.22 bits per heavy atom. The molecule has 2 aromatic carbocycles. The molecule has 0 radical (unpaired) electrons. The van der Waals surface area contributed by atoms with Gasteiger partial charge in [0, 0.05) is 6.54 Å². The van der Waals surface area contributed by atoms with Crippen LogP contribution < -0.4 is 14.8 Å². The van der Waals surface area contributed by atoms with Crippen LogP contribution in [0.5, 0.6) is 11.5 Å². The summed E-state index contributed by atoms with van der Waals surface area (Å²) in [6.45, 7) is 0.395. The molecule has 4 nitrogen and oxygen atoms in total. The standard InChI is InChI=1S/C17H17BrFNO3/c1-22-14-5-2-12(3-6-14)8-9-20-17(21)11-23-16-7-4-13(19)10-15(16)18/h2-7,10H,8-9,11H2,1H3,(H,20,21). The Morgan fingerprint density at radius 3 is 2.61 bits per heavy atom. The summed E-state index contributed by atoms with van der Waals surface area (Å²) in [5.74, 6) is 0.635. The van der Waals surface area contributed by atoms with Crippen LogP contribution in [0.2, 0.25) is 0 Å². The molecule has 0 spiro atoms. The second-order valence-corrected chi connectivity index (χ2v) is 5.67. The molecule has 0 aliphatic rings. The van der Waals surface area contributed by atoms with Gasteiger partial charge in [-0.25, -0.2) is 4.39 Å². The predicted molar refractivity (Wildman–Crippen MR) is 89.3 cm³/mol. The van der Waals surface area contributed by atoms with Gasteiger partial charge < -0.3 is 14.8 Å². The van der Waals surface area contributed by atoms with Crippen molar-refractivity contribution in [1.82, 2.24) is 5.32 Å². The highest BCUT2D eigenvalue weighted by Gasteiger charge is 2.06. The molecule has 0 unspecified atom stereocenters. The molecule has 2 aromatic rings. The summed E-state index contributed by atoms with van der Waals surface area (Å²) in [5, 5.41) is 2.78. The molecule has 1 amide bonds. The maximum Gasteiger partial charge on any atom is 0.257 e. The van der Waals surface area contributed by atoms with E-state index in [1.54, 1.807) is 7.11 Å². The third-order valence-electron chi connectivity index (χ3n) is 3.15. The van der Waals surface area contributed by atoms with Gasteiger partial charge in [0.25, 0.3) is 5.91 Å². The average molecular weight is 382 g/mol.